The predicted molar refractivity (Wildman–Crippen MR) is 99.5 cm³/mol. The normalized spacial score (nSPS) is 21.5. The fourth-order valence-corrected chi connectivity index (χ4v) is 5.10. The first-order chi connectivity index (χ1) is 11.3. The first kappa shape index (κ1) is 17.4. The number of hydrogen-bond donors (Lipinski definition) is 1. The third kappa shape index (κ3) is 3.36. The van der Waals surface area contributed by atoms with E-state index in [1.165, 1.54) is 12.6 Å². The van der Waals surface area contributed by atoms with Crippen LogP contribution in [0.5, 0.6) is 0 Å². The molecule has 0 aliphatic carbocycles. The van der Waals surface area contributed by atoms with Gasteiger partial charge in [0.05, 0.1) is 10.4 Å². The maximum atomic E-state index is 11.8. The molecule has 1 saturated heterocycles. The maximum absolute atomic E-state index is 11.8. The molecule has 3 rings (SSSR count). The smallest absolute Gasteiger partial charge is 0.175 e. The first-order valence-corrected chi connectivity index (χ1v) is 10.8. The van der Waals surface area contributed by atoms with Crippen LogP contribution in [-0.4, -0.2) is 67.2 Å². The van der Waals surface area contributed by atoms with Crippen LogP contribution in [0.25, 0.3) is 10.9 Å². The van der Waals surface area contributed by atoms with E-state index in [1.54, 1.807) is 18.2 Å². The number of benzene rings is 1. The van der Waals surface area contributed by atoms with E-state index < -0.39 is 9.84 Å². The van der Waals surface area contributed by atoms with Crippen LogP contribution in [0.2, 0.25) is 0 Å². The van der Waals surface area contributed by atoms with Crippen molar-refractivity contribution >= 4 is 38.3 Å². The van der Waals surface area contributed by atoms with E-state index >= 15 is 0 Å². The van der Waals surface area contributed by atoms with Gasteiger partial charge in [-0.1, -0.05) is 0 Å². The highest BCUT2D eigenvalue weighted by atomic mass is 32.2. The summed E-state index contributed by atoms with van der Waals surface area (Å²) in [5, 5.41) is 4.17. The lowest BCUT2D eigenvalue weighted by atomic mass is 9.97. The third-order valence-electron chi connectivity index (χ3n) is 4.65. The molecule has 0 amide bonds. The van der Waals surface area contributed by atoms with Gasteiger partial charge in [0.2, 0.25) is 0 Å². The Kier molecular flexibility index (Phi) is 4.72. The van der Waals surface area contributed by atoms with E-state index in [-0.39, 0.29) is 10.4 Å². The standard InChI is InChI=1S/C16H22N4O2S2/c1-20(2)16(6-7-23-10-16)9-17-15-13-8-12(24(3,21)22)4-5-14(13)18-11-19-15/h4-5,8,11H,6-7,9-10H2,1-3H3,(H,17,18,19). The van der Waals surface area contributed by atoms with Gasteiger partial charge in [-0.25, -0.2) is 18.4 Å². The molecule has 2 aromatic rings. The molecule has 1 atom stereocenters. The molecule has 1 fully saturated rings. The second-order valence-electron chi connectivity index (χ2n) is 6.45. The zero-order valence-corrected chi connectivity index (χ0v) is 15.7. The van der Waals surface area contributed by atoms with E-state index in [0.29, 0.717) is 5.82 Å². The van der Waals surface area contributed by atoms with Gasteiger partial charge in [-0.2, -0.15) is 11.8 Å². The molecule has 0 radical (unpaired) electrons. The molecule has 1 N–H and O–H groups in total. The Morgan fingerprint density at radius 2 is 2.12 bits per heavy atom. The lowest BCUT2D eigenvalue weighted by Crippen LogP contribution is -2.49. The van der Waals surface area contributed by atoms with Gasteiger partial charge in [0.25, 0.3) is 0 Å². The number of anilines is 1. The van der Waals surface area contributed by atoms with Gasteiger partial charge in [0.1, 0.15) is 12.1 Å². The predicted octanol–water partition coefficient (Wildman–Crippen LogP) is 1.88. The van der Waals surface area contributed by atoms with Crippen LogP contribution in [0.3, 0.4) is 0 Å². The summed E-state index contributed by atoms with van der Waals surface area (Å²) in [5.74, 6) is 2.91. The topological polar surface area (TPSA) is 75.2 Å². The molecule has 1 unspecified atom stereocenters. The Bertz CT molecular complexity index is 846. The van der Waals surface area contributed by atoms with Crippen LogP contribution in [-0.2, 0) is 9.84 Å². The molecule has 6 nitrogen and oxygen atoms in total. The summed E-state index contributed by atoms with van der Waals surface area (Å²) in [5.41, 5.74) is 0.829. The Balaban J connectivity index is 1.94. The van der Waals surface area contributed by atoms with Crippen molar-refractivity contribution in [3.63, 3.8) is 0 Å². The number of aromatic nitrogens is 2. The maximum Gasteiger partial charge on any atom is 0.175 e. The third-order valence-corrected chi connectivity index (χ3v) is 7.00. The van der Waals surface area contributed by atoms with Gasteiger partial charge < -0.3 is 10.2 Å². The molecule has 1 aliphatic rings. The second-order valence-corrected chi connectivity index (χ2v) is 9.57. The summed E-state index contributed by atoms with van der Waals surface area (Å²) >= 11 is 1.96. The van der Waals surface area contributed by atoms with E-state index in [2.05, 4.69) is 34.3 Å². The molecular weight excluding hydrogens is 344 g/mol. The van der Waals surface area contributed by atoms with Crippen molar-refractivity contribution < 1.29 is 8.42 Å². The number of thioether (sulfide) groups is 1. The van der Waals surface area contributed by atoms with Crippen molar-refractivity contribution in [3.8, 4) is 0 Å². The quantitative estimate of drug-likeness (QED) is 0.866. The first-order valence-electron chi connectivity index (χ1n) is 7.76. The molecule has 2 heterocycles. The van der Waals surface area contributed by atoms with Gasteiger partial charge in [-0.05, 0) is 44.5 Å². The Labute approximate surface area is 147 Å². The highest BCUT2D eigenvalue weighted by Gasteiger charge is 2.36. The fourth-order valence-electron chi connectivity index (χ4n) is 2.90. The van der Waals surface area contributed by atoms with Crippen molar-refractivity contribution in [2.45, 2.75) is 16.9 Å². The van der Waals surface area contributed by atoms with Crippen LogP contribution in [0.4, 0.5) is 5.82 Å². The number of rotatable bonds is 5. The van der Waals surface area contributed by atoms with Crippen molar-refractivity contribution in [2.75, 3.05) is 43.7 Å². The minimum absolute atomic E-state index is 0.0936. The lowest BCUT2D eigenvalue weighted by Gasteiger charge is -2.36. The van der Waals surface area contributed by atoms with Crippen molar-refractivity contribution in [3.05, 3.63) is 24.5 Å². The average Bonchev–Trinajstić information content (AvgIpc) is 3.02. The lowest BCUT2D eigenvalue weighted by molar-refractivity contribution is 0.195. The summed E-state index contributed by atoms with van der Waals surface area (Å²) in [7, 11) is 0.947. The molecule has 0 bridgehead atoms. The van der Waals surface area contributed by atoms with E-state index in [4.69, 9.17) is 0 Å². The highest BCUT2D eigenvalue weighted by molar-refractivity contribution is 7.99. The van der Waals surface area contributed by atoms with E-state index in [1.807, 2.05) is 11.8 Å². The molecule has 8 heteroatoms. The largest absolute Gasteiger partial charge is 0.368 e. The van der Waals surface area contributed by atoms with Gasteiger partial charge in [0, 0.05) is 29.5 Å². The van der Waals surface area contributed by atoms with Crippen molar-refractivity contribution in [1.82, 2.24) is 14.9 Å². The molecule has 24 heavy (non-hydrogen) atoms. The number of sulfone groups is 1. The molecule has 1 aliphatic heterocycles. The Morgan fingerprint density at radius 3 is 2.75 bits per heavy atom. The zero-order chi connectivity index (χ0) is 17.4. The number of nitrogens with one attached hydrogen (secondary N) is 1. The number of fused-ring (bicyclic) bond motifs is 1. The van der Waals surface area contributed by atoms with Crippen LogP contribution in [0, 0.1) is 0 Å². The number of hydrogen-bond acceptors (Lipinski definition) is 7. The average molecular weight is 367 g/mol. The number of nitrogens with zero attached hydrogens (tertiary/aromatic N) is 3. The summed E-state index contributed by atoms with van der Waals surface area (Å²) in [4.78, 5) is 11.1. The number of likely N-dealkylation sites (N-methyl/N-ethyl adjacent to an activating group) is 1. The van der Waals surface area contributed by atoms with Gasteiger partial charge in [-0.3, -0.25) is 0 Å². The monoisotopic (exact) mass is 366 g/mol. The minimum Gasteiger partial charge on any atom is -0.368 e. The van der Waals surface area contributed by atoms with Crippen molar-refractivity contribution in [1.29, 1.82) is 0 Å². The molecule has 0 spiro atoms. The zero-order valence-electron chi connectivity index (χ0n) is 14.1. The molecule has 1 aromatic heterocycles. The van der Waals surface area contributed by atoms with E-state index in [0.717, 1.165) is 35.4 Å². The molecule has 0 saturated carbocycles. The second kappa shape index (κ2) is 6.50. The van der Waals surface area contributed by atoms with Crippen LogP contribution in [0.1, 0.15) is 6.42 Å². The van der Waals surface area contributed by atoms with E-state index in [9.17, 15) is 8.42 Å². The molecule has 1 aromatic carbocycles. The Hall–Kier alpha value is -1.38. The fraction of sp³-hybridized carbons (Fsp3) is 0.500. The van der Waals surface area contributed by atoms with Crippen LogP contribution < -0.4 is 5.32 Å². The van der Waals surface area contributed by atoms with Gasteiger partial charge in [0.15, 0.2) is 9.84 Å². The SMILES string of the molecule is CN(C)C1(CNc2ncnc3ccc(S(C)(=O)=O)cc23)CCSC1. The molecular formula is C16H22N4O2S2. The van der Waals surface area contributed by atoms with Gasteiger partial charge in [-0.15, -0.1) is 0 Å². The summed E-state index contributed by atoms with van der Waals surface area (Å²) in [6.07, 6.45) is 3.84. The van der Waals surface area contributed by atoms with Crippen molar-refractivity contribution in [2.24, 2.45) is 0 Å². The summed E-state index contributed by atoms with van der Waals surface area (Å²) in [6.45, 7) is 0.766. The van der Waals surface area contributed by atoms with Crippen LogP contribution >= 0.6 is 11.8 Å². The molecule has 130 valence electrons. The van der Waals surface area contributed by atoms with Crippen LogP contribution in [0.15, 0.2) is 29.4 Å². The Morgan fingerprint density at radius 1 is 1.33 bits per heavy atom. The highest BCUT2D eigenvalue weighted by Crippen LogP contribution is 2.32. The van der Waals surface area contributed by atoms with Gasteiger partial charge >= 0.3 is 0 Å². The summed E-state index contributed by atoms with van der Waals surface area (Å²) < 4.78 is 23.6. The minimum atomic E-state index is -3.26. The summed E-state index contributed by atoms with van der Waals surface area (Å²) in [6, 6.07) is 4.97.